The van der Waals surface area contributed by atoms with Gasteiger partial charge in [-0.25, -0.2) is 0 Å². The smallest absolute Gasteiger partial charge is 0.224 e. The van der Waals surface area contributed by atoms with Crippen molar-refractivity contribution in [1.29, 1.82) is 0 Å². The Morgan fingerprint density at radius 1 is 1.00 bits per heavy atom. The first-order valence-corrected chi connectivity index (χ1v) is 9.60. The van der Waals surface area contributed by atoms with Gasteiger partial charge in [-0.15, -0.1) is 12.4 Å². The molecule has 154 valence electrons. The Kier molecular flexibility index (Phi) is 14.3. The zero-order chi connectivity index (χ0) is 19.2. The predicted octanol–water partition coefficient (Wildman–Crippen LogP) is 3.46. The van der Waals surface area contributed by atoms with Gasteiger partial charge in [0, 0.05) is 31.6 Å². The lowest BCUT2D eigenvalue weighted by atomic mass is 10.2. The van der Waals surface area contributed by atoms with Gasteiger partial charge < -0.3 is 20.3 Å². The average molecular weight is 400 g/mol. The number of ether oxygens (including phenoxy) is 1. The van der Waals surface area contributed by atoms with E-state index in [0.29, 0.717) is 32.4 Å². The summed E-state index contributed by atoms with van der Waals surface area (Å²) in [6.45, 7) is 10.4. The van der Waals surface area contributed by atoms with Crippen LogP contribution in [-0.4, -0.2) is 49.5 Å². The average Bonchev–Trinajstić information content (AvgIpc) is 2.64. The normalized spacial score (nSPS) is 10.2. The fourth-order valence-electron chi connectivity index (χ4n) is 2.47. The van der Waals surface area contributed by atoms with Crippen LogP contribution in [0.2, 0.25) is 0 Å². The lowest BCUT2D eigenvalue weighted by Gasteiger charge is -2.17. The molecule has 2 N–H and O–H groups in total. The Hall–Kier alpha value is -1.79. The van der Waals surface area contributed by atoms with E-state index < -0.39 is 0 Å². The number of rotatable bonds is 13. The Morgan fingerprint density at radius 2 is 1.63 bits per heavy atom. The third-order valence-corrected chi connectivity index (χ3v) is 4.06. The summed E-state index contributed by atoms with van der Waals surface area (Å²) in [5.41, 5.74) is 0.738. The summed E-state index contributed by atoms with van der Waals surface area (Å²) >= 11 is 0. The van der Waals surface area contributed by atoms with E-state index in [-0.39, 0.29) is 24.2 Å². The van der Waals surface area contributed by atoms with E-state index in [9.17, 15) is 9.59 Å². The third-order valence-electron chi connectivity index (χ3n) is 4.06. The van der Waals surface area contributed by atoms with E-state index in [0.717, 1.165) is 37.5 Å². The second-order valence-electron chi connectivity index (χ2n) is 6.15. The molecule has 0 aliphatic rings. The molecule has 0 radical (unpaired) electrons. The Morgan fingerprint density at radius 3 is 2.22 bits per heavy atom. The van der Waals surface area contributed by atoms with Crippen LogP contribution in [0.15, 0.2) is 24.3 Å². The number of hydrogen-bond acceptors (Lipinski definition) is 4. The Bertz CT molecular complexity index is 534. The summed E-state index contributed by atoms with van der Waals surface area (Å²) in [6.07, 6.45) is 2.20. The van der Waals surface area contributed by atoms with Crippen molar-refractivity contribution in [2.24, 2.45) is 0 Å². The number of hydrogen-bond donors (Lipinski definition) is 2. The van der Waals surface area contributed by atoms with Gasteiger partial charge in [-0.1, -0.05) is 20.8 Å². The van der Waals surface area contributed by atoms with Crippen molar-refractivity contribution < 1.29 is 14.3 Å². The summed E-state index contributed by atoms with van der Waals surface area (Å²) in [7, 11) is 0. The van der Waals surface area contributed by atoms with E-state index in [1.54, 1.807) is 0 Å². The highest BCUT2D eigenvalue weighted by molar-refractivity contribution is 5.91. The zero-order valence-electron chi connectivity index (χ0n) is 16.8. The molecule has 0 saturated carbocycles. The van der Waals surface area contributed by atoms with E-state index >= 15 is 0 Å². The molecule has 1 aromatic carbocycles. The lowest BCUT2D eigenvalue weighted by Crippen LogP contribution is -2.34. The fourth-order valence-corrected chi connectivity index (χ4v) is 2.47. The number of halogens is 1. The summed E-state index contributed by atoms with van der Waals surface area (Å²) < 4.78 is 5.51. The van der Waals surface area contributed by atoms with Crippen LogP contribution in [0.1, 0.15) is 46.5 Å². The van der Waals surface area contributed by atoms with Crippen molar-refractivity contribution in [3.05, 3.63) is 24.3 Å². The molecule has 6 nitrogen and oxygen atoms in total. The SMILES string of the molecule is CCCOc1ccc(NC(=O)CCCC(=O)NCCN(CC)CC)cc1.Cl. The van der Waals surface area contributed by atoms with Crippen molar-refractivity contribution in [2.75, 3.05) is 38.1 Å². The first kappa shape index (κ1) is 25.2. The number of nitrogens with zero attached hydrogens (tertiary/aromatic N) is 1. The number of likely N-dealkylation sites (N-methyl/N-ethyl adjacent to an activating group) is 1. The number of amides is 2. The first-order chi connectivity index (χ1) is 12.6. The highest BCUT2D eigenvalue weighted by Crippen LogP contribution is 2.16. The summed E-state index contributed by atoms with van der Waals surface area (Å²) in [5, 5.41) is 5.74. The predicted molar refractivity (Wildman–Crippen MR) is 113 cm³/mol. The van der Waals surface area contributed by atoms with Crippen LogP contribution >= 0.6 is 12.4 Å². The molecule has 0 saturated heterocycles. The van der Waals surface area contributed by atoms with Gasteiger partial charge in [0.25, 0.3) is 0 Å². The van der Waals surface area contributed by atoms with Crippen molar-refractivity contribution in [1.82, 2.24) is 10.2 Å². The molecular formula is C20H34ClN3O3. The van der Waals surface area contributed by atoms with Gasteiger partial charge in [-0.2, -0.15) is 0 Å². The van der Waals surface area contributed by atoms with E-state index in [1.165, 1.54) is 0 Å². The Balaban J connectivity index is 0.00000676. The summed E-state index contributed by atoms with van der Waals surface area (Å²) in [6, 6.07) is 7.33. The van der Waals surface area contributed by atoms with Crippen LogP contribution in [0.25, 0.3) is 0 Å². The number of carbonyl (C=O) groups is 2. The molecule has 0 unspecified atom stereocenters. The van der Waals surface area contributed by atoms with E-state index in [1.807, 2.05) is 24.3 Å². The standard InChI is InChI=1S/C20H33N3O3.ClH/c1-4-16-26-18-12-10-17(11-13-18)22-20(25)9-7-8-19(24)21-14-15-23(5-2)6-3;/h10-13H,4-9,14-16H2,1-3H3,(H,21,24)(H,22,25);1H. The number of benzene rings is 1. The van der Waals surface area contributed by atoms with Gasteiger partial charge in [-0.3, -0.25) is 9.59 Å². The van der Waals surface area contributed by atoms with Crippen molar-refractivity contribution >= 4 is 29.9 Å². The highest BCUT2D eigenvalue weighted by atomic mass is 35.5. The summed E-state index contributed by atoms with van der Waals surface area (Å²) in [4.78, 5) is 26.0. The van der Waals surface area contributed by atoms with Gasteiger partial charge in [0.15, 0.2) is 0 Å². The van der Waals surface area contributed by atoms with Gasteiger partial charge in [0.1, 0.15) is 5.75 Å². The van der Waals surface area contributed by atoms with Crippen molar-refractivity contribution in [3.8, 4) is 5.75 Å². The molecule has 0 fully saturated rings. The van der Waals surface area contributed by atoms with E-state index in [2.05, 4.69) is 36.3 Å². The van der Waals surface area contributed by atoms with Crippen molar-refractivity contribution in [2.45, 2.75) is 46.5 Å². The maximum absolute atomic E-state index is 12.0. The van der Waals surface area contributed by atoms with Crippen LogP contribution in [-0.2, 0) is 9.59 Å². The van der Waals surface area contributed by atoms with Crippen LogP contribution in [0.5, 0.6) is 5.75 Å². The Labute approximate surface area is 169 Å². The van der Waals surface area contributed by atoms with Gasteiger partial charge >= 0.3 is 0 Å². The van der Waals surface area contributed by atoms with E-state index in [4.69, 9.17) is 4.74 Å². The van der Waals surface area contributed by atoms with Crippen LogP contribution in [0, 0.1) is 0 Å². The van der Waals surface area contributed by atoms with Crippen molar-refractivity contribution in [3.63, 3.8) is 0 Å². The van der Waals surface area contributed by atoms with Gasteiger partial charge in [0.2, 0.25) is 11.8 Å². The second kappa shape index (κ2) is 15.3. The van der Waals surface area contributed by atoms with Crippen LogP contribution < -0.4 is 15.4 Å². The number of nitrogens with one attached hydrogen (secondary N) is 2. The minimum atomic E-state index is -0.0804. The summed E-state index contributed by atoms with van der Waals surface area (Å²) in [5.74, 6) is 0.719. The first-order valence-electron chi connectivity index (χ1n) is 9.60. The molecule has 0 spiro atoms. The largest absolute Gasteiger partial charge is 0.494 e. The topological polar surface area (TPSA) is 70.7 Å². The van der Waals surface area contributed by atoms with Crippen LogP contribution in [0.3, 0.4) is 0 Å². The molecule has 0 atom stereocenters. The lowest BCUT2D eigenvalue weighted by molar-refractivity contribution is -0.121. The minimum Gasteiger partial charge on any atom is -0.494 e. The number of anilines is 1. The fraction of sp³-hybridized carbons (Fsp3) is 0.600. The quantitative estimate of drug-likeness (QED) is 0.532. The molecule has 0 aromatic heterocycles. The molecule has 0 aliphatic carbocycles. The number of carbonyl (C=O) groups excluding carboxylic acids is 2. The van der Waals surface area contributed by atoms with Crippen LogP contribution in [0.4, 0.5) is 5.69 Å². The monoisotopic (exact) mass is 399 g/mol. The maximum atomic E-state index is 12.0. The molecule has 0 heterocycles. The third kappa shape index (κ3) is 11.5. The molecule has 0 bridgehead atoms. The molecule has 1 aromatic rings. The maximum Gasteiger partial charge on any atom is 0.224 e. The molecular weight excluding hydrogens is 366 g/mol. The van der Waals surface area contributed by atoms with Gasteiger partial charge in [-0.05, 0) is 50.2 Å². The molecule has 7 heteroatoms. The minimum absolute atomic E-state index is 0. The molecule has 27 heavy (non-hydrogen) atoms. The molecule has 2 amide bonds. The zero-order valence-corrected chi connectivity index (χ0v) is 17.6. The molecule has 0 aliphatic heterocycles. The highest BCUT2D eigenvalue weighted by Gasteiger charge is 2.06. The van der Waals surface area contributed by atoms with Gasteiger partial charge in [0.05, 0.1) is 6.61 Å². The molecule has 1 rings (SSSR count). The second-order valence-corrected chi connectivity index (χ2v) is 6.15.